The molecular weight excluding hydrogens is 929 g/mol. The van der Waals surface area contributed by atoms with Crippen molar-refractivity contribution in [2.45, 2.75) is 200 Å². The second-order valence-corrected chi connectivity index (χ2v) is 19.5. The lowest BCUT2D eigenvalue weighted by Gasteiger charge is -2.46. The molecular formula is C54H98N4O14. The van der Waals surface area contributed by atoms with E-state index in [0.717, 1.165) is 154 Å². The highest BCUT2D eigenvalue weighted by Gasteiger charge is 2.44. The summed E-state index contributed by atoms with van der Waals surface area (Å²) < 4.78 is 38.5. The average molecular weight is 1030 g/mol. The number of likely N-dealkylation sites (tertiary alicyclic amines) is 1. The molecule has 1 fully saturated rings. The molecule has 0 unspecified atom stereocenters. The van der Waals surface area contributed by atoms with Gasteiger partial charge in [-0.2, -0.15) is 0 Å². The lowest BCUT2D eigenvalue weighted by molar-refractivity contribution is -0.155. The first kappa shape index (κ1) is 66.0. The van der Waals surface area contributed by atoms with Crippen molar-refractivity contribution in [2.75, 3.05) is 106 Å². The highest BCUT2D eigenvalue weighted by atomic mass is 16.6. The van der Waals surface area contributed by atoms with Gasteiger partial charge in [0.15, 0.2) is 0 Å². The van der Waals surface area contributed by atoms with Crippen LogP contribution in [0.2, 0.25) is 0 Å². The number of rotatable bonds is 47. The quantitative estimate of drug-likeness (QED) is 0.0319. The van der Waals surface area contributed by atoms with Crippen LogP contribution in [-0.2, 0) is 61.9 Å². The number of esters is 6. The van der Waals surface area contributed by atoms with Crippen LogP contribution in [0.1, 0.15) is 188 Å². The molecule has 1 heterocycles. The number of amides is 1. The summed E-state index contributed by atoms with van der Waals surface area (Å²) in [6.07, 6.45) is 24.2. The van der Waals surface area contributed by atoms with Gasteiger partial charge in [0, 0.05) is 6.54 Å². The maximum Gasteiger partial charge on any atom is 0.410 e. The minimum absolute atomic E-state index is 0.0824. The fourth-order valence-electron chi connectivity index (χ4n) is 8.04. The Kier molecular flexibility index (Phi) is 40.7. The lowest BCUT2D eigenvalue weighted by Crippen LogP contribution is -2.62. The van der Waals surface area contributed by atoms with Crippen LogP contribution in [0.5, 0.6) is 0 Å². The zero-order valence-corrected chi connectivity index (χ0v) is 45.7. The van der Waals surface area contributed by atoms with Gasteiger partial charge in [0.05, 0.1) is 77.8 Å². The molecule has 0 aromatic rings. The van der Waals surface area contributed by atoms with E-state index in [1.807, 2.05) is 19.0 Å². The molecule has 418 valence electrons. The standard InChI is InChI=1S/C54H98N4O14/c1-7-11-15-19-23-27-32-66-48(59)38-56(39-49(60)67-33-28-24-20-16-12-8-2)42-52(63)71-44-46-37-47(58(46)54(65)70-36-31-55(5)6)45-72-53(64)43-57(40-50(61)68-34-29-25-21-17-13-9-3)41-51(62)69-35-30-26-22-18-14-10-4/h46-47H,7-45H2,1-6H3/t46-,47+. The molecule has 1 saturated heterocycles. The van der Waals surface area contributed by atoms with E-state index in [1.54, 1.807) is 0 Å². The monoisotopic (exact) mass is 1030 g/mol. The van der Waals surface area contributed by atoms with Gasteiger partial charge in [0.1, 0.15) is 19.8 Å². The molecule has 18 nitrogen and oxygen atoms in total. The topological polar surface area (TPSA) is 197 Å². The minimum Gasteiger partial charge on any atom is -0.465 e. The summed E-state index contributed by atoms with van der Waals surface area (Å²) >= 11 is 0. The minimum atomic E-state index is -0.727. The molecule has 1 rings (SSSR count). The number of ether oxygens (including phenoxy) is 7. The smallest absolute Gasteiger partial charge is 0.410 e. The van der Waals surface area contributed by atoms with Crippen molar-refractivity contribution in [3.63, 3.8) is 0 Å². The molecule has 2 atom stereocenters. The molecule has 0 aliphatic carbocycles. The maximum absolute atomic E-state index is 13.4. The highest BCUT2D eigenvalue weighted by molar-refractivity contribution is 5.79. The van der Waals surface area contributed by atoms with E-state index >= 15 is 0 Å². The van der Waals surface area contributed by atoms with Crippen LogP contribution in [0.3, 0.4) is 0 Å². The number of hydrogen-bond acceptors (Lipinski definition) is 17. The van der Waals surface area contributed by atoms with Crippen LogP contribution in [-0.4, -0.2) is 180 Å². The van der Waals surface area contributed by atoms with E-state index in [2.05, 4.69) is 27.7 Å². The van der Waals surface area contributed by atoms with Gasteiger partial charge in [0.2, 0.25) is 0 Å². The Hall–Kier alpha value is -4.03. The van der Waals surface area contributed by atoms with Gasteiger partial charge in [-0.1, -0.05) is 156 Å². The third-order valence-electron chi connectivity index (χ3n) is 12.3. The Bertz CT molecular complexity index is 1310. The van der Waals surface area contributed by atoms with Crippen molar-refractivity contribution < 1.29 is 66.7 Å². The number of likely N-dealkylation sites (N-methyl/N-ethyl adjacent to an activating group) is 1. The second-order valence-electron chi connectivity index (χ2n) is 19.5. The Morgan fingerprint density at radius 1 is 0.361 bits per heavy atom. The number of carbonyl (C=O) groups is 7. The zero-order chi connectivity index (χ0) is 53.0. The third-order valence-corrected chi connectivity index (χ3v) is 12.3. The van der Waals surface area contributed by atoms with Gasteiger partial charge in [0.25, 0.3) is 0 Å². The summed E-state index contributed by atoms with van der Waals surface area (Å²) in [5.41, 5.74) is 0. The molecule has 1 amide bonds. The van der Waals surface area contributed by atoms with Crippen molar-refractivity contribution in [2.24, 2.45) is 0 Å². The summed E-state index contributed by atoms with van der Waals surface area (Å²) in [4.78, 5) is 97.4. The van der Waals surface area contributed by atoms with E-state index < -0.39 is 67.1 Å². The molecule has 0 N–H and O–H groups in total. The highest BCUT2D eigenvalue weighted by Crippen LogP contribution is 2.28. The predicted octanol–water partition coefficient (Wildman–Crippen LogP) is 8.43. The molecule has 1 aliphatic rings. The second kappa shape index (κ2) is 44.5. The SMILES string of the molecule is CCCCCCCCOC(=O)CN(CC(=O)OCCCCCCCC)CC(=O)OC[C@@H]1C[C@H](COC(=O)CN(CC(=O)OCCCCCCCC)CC(=O)OCCCCCCCC)N1C(=O)OCCN(C)C. The van der Waals surface area contributed by atoms with E-state index in [4.69, 9.17) is 33.2 Å². The molecule has 1 aliphatic heterocycles. The van der Waals surface area contributed by atoms with E-state index in [1.165, 1.54) is 14.7 Å². The molecule has 0 bridgehead atoms. The van der Waals surface area contributed by atoms with Crippen molar-refractivity contribution >= 4 is 41.9 Å². The molecule has 0 aromatic carbocycles. The van der Waals surface area contributed by atoms with Gasteiger partial charge in [-0.05, 0) is 46.2 Å². The first-order chi connectivity index (χ1) is 34.8. The van der Waals surface area contributed by atoms with Crippen LogP contribution in [0.15, 0.2) is 0 Å². The molecule has 0 aromatic heterocycles. The first-order valence-corrected chi connectivity index (χ1v) is 27.8. The van der Waals surface area contributed by atoms with E-state index in [-0.39, 0.29) is 72.4 Å². The number of nitrogens with zero attached hydrogens (tertiary/aromatic N) is 4. The first-order valence-electron chi connectivity index (χ1n) is 27.8. The Morgan fingerprint density at radius 2 is 0.625 bits per heavy atom. The van der Waals surface area contributed by atoms with Crippen LogP contribution in [0, 0.1) is 0 Å². The molecule has 0 radical (unpaired) electrons. The van der Waals surface area contributed by atoms with Gasteiger partial charge >= 0.3 is 41.9 Å². The van der Waals surface area contributed by atoms with Crippen LogP contribution >= 0.6 is 0 Å². The van der Waals surface area contributed by atoms with Crippen LogP contribution in [0.4, 0.5) is 4.79 Å². The van der Waals surface area contributed by atoms with Gasteiger partial charge in [-0.15, -0.1) is 0 Å². The fraction of sp³-hybridized carbons (Fsp3) is 0.870. The zero-order valence-electron chi connectivity index (χ0n) is 45.7. The Balaban J connectivity index is 2.94. The number of unbranched alkanes of at least 4 members (excludes halogenated alkanes) is 20. The summed E-state index contributed by atoms with van der Waals surface area (Å²) in [5.74, 6) is -3.74. The van der Waals surface area contributed by atoms with Crippen molar-refractivity contribution in [3.05, 3.63) is 0 Å². The Labute approximate surface area is 433 Å². The predicted molar refractivity (Wildman–Crippen MR) is 276 cm³/mol. The fourth-order valence-corrected chi connectivity index (χ4v) is 8.04. The van der Waals surface area contributed by atoms with Gasteiger partial charge < -0.3 is 38.1 Å². The van der Waals surface area contributed by atoms with Gasteiger partial charge in [-0.3, -0.25) is 43.5 Å². The summed E-state index contributed by atoms with van der Waals surface area (Å²) in [5, 5.41) is 0. The largest absolute Gasteiger partial charge is 0.465 e. The maximum atomic E-state index is 13.4. The summed E-state index contributed by atoms with van der Waals surface area (Å²) in [7, 11) is 3.67. The molecule has 0 spiro atoms. The summed E-state index contributed by atoms with van der Waals surface area (Å²) in [6, 6.07) is -1.25. The van der Waals surface area contributed by atoms with Crippen molar-refractivity contribution in [1.29, 1.82) is 0 Å². The summed E-state index contributed by atoms with van der Waals surface area (Å²) in [6.45, 7) is 7.55. The number of hydrogen-bond donors (Lipinski definition) is 0. The average Bonchev–Trinajstić information content (AvgIpc) is 3.32. The van der Waals surface area contributed by atoms with E-state index in [9.17, 15) is 33.6 Å². The van der Waals surface area contributed by atoms with Crippen molar-refractivity contribution in [1.82, 2.24) is 19.6 Å². The van der Waals surface area contributed by atoms with Crippen molar-refractivity contribution in [3.8, 4) is 0 Å². The number of carbonyl (C=O) groups excluding carboxylic acids is 7. The van der Waals surface area contributed by atoms with Crippen LogP contribution in [0.25, 0.3) is 0 Å². The Morgan fingerprint density at radius 3 is 0.903 bits per heavy atom. The molecule has 18 heteroatoms. The van der Waals surface area contributed by atoms with Crippen LogP contribution < -0.4 is 0 Å². The third kappa shape index (κ3) is 36.0. The molecule has 0 saturated carbocycles. The normalized spacial score (nSPS) is 14.3. The molecule has 72 heavy (non-hydrogen) atoms. The van der Waals surface area contributed by atoms with Gasteiger partial charge in [-0.25, -0.2) is 4.79 Å². The lowest BCUT2D eigenvalue weighted by atomic mass is 9.94. The van der Waals surface area contributed by atoms with E-state index in [0.29, 0.717) is 13.0 Å².